The molecule has 0 saturated carbocycles. The van der Waals surface area contributed by atoms with Gasteiger partial charge in [-0.1, -0.05) is 78.1 Å². The van der Waals surface area contributed by atoms with Gasteiger partial charge in [-0.2, -0.15) is 0 Å². The molecule has 0 aromatic rings. The zero-order valence-electron chi connectivity index (χ0n) is 22.8. The first-order valence-corrected chi connectivity index (χ1v) is 14.8. The van der Waals surface area contributed by atoms with E-state index in [0.717, 1.165) is 12.8 Å². The minimum absolute atomic E-state index is 0.0331. The Kier molecular flexibility index (Phi) is 19.5. The summed E-state index contributed by atoms with van der Waals surface area (Å²) in [4.78, 5) is 33.6. The first kappa shape index (κ1) is 34.0. The van der Waals surface area contributed by atoms with Gasteiger partial charge < -0.3 is 18.9 Å². The summed E-state index contributed by atoms with van der Waals surface area (Å²) in [7, 11) is 1.47. The summed E-state index contributed by atoms with van der Waals surface area (Å²) >= 11 is 0. The van der Waals surface area contributed by atoms with Crippen molar-refractivity contribution in [2.24, 2.45) is 0 Å². The summed E-state index contributed by atoms with van der Waals surface area (Å²) in [6.45, 7) is 3.78. The Morgan fingerprint density at radius 2 is 1.34 bits per heavy atom. The summed E-state index contributed by atoms with van der Waals surface area (Å²) in [6, 6.07) is 0. The van der Waals surface area contributed by atoms with E-state index < -0.39 is 32.5 Å². The first-order chi connectivity index (χ1) is 16.5. The predicted molar refractivity (Wildman–Crippen MR) is 137 cm³/mol. The second-order valence-corrected chi connectivity index (χ2v) is 11.5. The van der Waals surface area contributed by atoms with Gasteiger partial charge >= 0.3 is 19.8 Å². The Balaban J connectivity index is 4.26. The molecule has 0 radical (unpaired) electrons. The molecule has 0 aliphatic rings. The number of carbonyl (C=O) groups excluding carboxylic acids is 2. The number of nitrogens with zero attached hydrogens (tertiary/aromatic N) is 1. The molecule has 0 aliphatic carbocycles. The number of rotatable bonds is 23. The number of unbranched alkanes of at least 4 members (excludes halogenated alkanes) is 10. The van der Waals surface area contributed by atoms with Crippen LogP contribution in [0, 0.1) is 0 Å². The van der Waals surface area contributed by atoms with E-state index in [1.165, 1.54) is 51.4 Å². The minimum atomic E-state index is -4.32. The minimum Gasteiger partial charge on any atom is -0.462 e. The van der Waals surface area contributed by atoms with Gasteiger partial charge in [0.25, 0.3) is 0 Å². The van der Waals surface area contributed by atoms with Gasteiger partial charge in [-0.3, -0.25) is 18.6 Å². The number of phosphoric acid groups is 1. The third-order valence-corrected chi connectivity index (χ3v) is 6.43. The van der Waals surface area contributed by atoms with Crippen molar-refractivity contribution < 1.29 is 42.1 Å². The lowest BCUT2D eigenvalue weighted by Gasteiger charge is -2.24. The lowest BCUT2D eigenvalue weighted by atomic mass is 10.1. The Labute approximate surface area is 213 Å². The van der Waals surface area contributed by atoms with Crippen LogP contribution in [0.15, 0.2) is 0 Å². The highest BCUT2D eigenvalue weighted by atomic mass is 31.2. The Bertz CT molecular complexity index is 609. The van der Waals surface area contributed by atoms with Crippen molar-refractivity contribution in [2.75, 3.05) is 47.5 Å². The Hall–Kier alpha value is -0.990. The van der Waals surface area contributed by atoms with Crippen LogP contribution in [0.2, 0.25) is 0 Å². The number of hydrogen-bond acceptors (Lipinski definition) is 7. The summed E-state index contributed by atoms with van der Waals surface area (Å²) in [5, 5.41) is 0. The molecule has 0 amide bonds. The number of esters is 2. The highest BCUT2D eigenvalue weighted by molar-refractivity contribution is 7.47. The molecular weight excluding hydrogens is 473 g/mol. The van der Waals surface area contributed by atoms with Gasteiger partial charge in [0, 0.05) is 12.8 Å². The summed E-state index contributed by atoms with van der Waals surface area (Å²) < 4.78 is 33.1. The van der Waals surface area contributed by atoms with Gasteiger partial charge in [0.15, 0.2) is 6.10 Å². The van der Waals surface area contributed by atoms with Crippen LogP contribution in [0.4, 0.5) is 0 Å². The van der Waals surface area contributed by atoms with E-state index in [4.69, 9.17) is 18.5 Å². The summed E-state index contributed by atoms with van der Waals surface area (Å²) in [5.41, 5.74) is 0. The largest absolute Gasteiger partial charge is 0.472 e. The quantitative estimate of drug-likeness (QED) is 0.0820. The number of carbonyl (C=O) groups is 2. The van der Waals surface area contributed by atoms with Crippen LogP contribution in [-0.4, -0.2) is 74.9 Å². The molecule has 35 heavy (non-hydrogen) atoms. The SMILES string of the molecule is CCCCCCCCCCCCCC(=O)OC(COC(=O)CC)COP(=O)(O)OCC[N+](C)(C)C. The number of phosphoric ester groups is 1. The smallest absolute Gasteiger partial charge is 0.462 e. The zero-order valence-corrected chi connectivity index (χ0v) is 23.7. The molecule has 0 aromatic heterocycles. The topological polar surface area (TPSA) is 108 Å². The van der Waals surface area contributed by atoms with Gasteiger partial charge in [-0.15, -0.1) is 0 Å². The molecule has 0 heterocycles. The van der Waals surface area contributed by atoms with Crippen LogP contribution >= 0.6 is 7.82 Å². The van der Waals surface area contributed by atoms with Gasteiger partial charge in [0.2, 0.25) is 0 Å². The lowest BCUT2D eigenvalue weighted by molar-refractivity contribution is -0.870. The van der Waals surface area contributed by atoms with E-state index in [9.17, 15) is 19.0 Å². The number of ether oxygens (including phenoxy) is 2. The van der Waals surface area contributed by atoms with Gasteiger partial charge in [0.05, 0.1) is 27.7 Å². The van der Waals surface area contributed by atoms with Crippen LogP contribution in [0.5, 0.6) is 0 Å². The number of likely N-dealkylation sites (N-methyl/N-ethyl adjacent to an activating group) is 1. The van der Waals surface area contributed by atoms with E-state index in [0.29, 0.717) is 17.4 Å². The lowest BCUT2D eigenvalue weighted by Crippen LogP contribution is -2.37. The van der Waals surface area contributed by atoms with Crippen LogP contribution < -0.4 is 0 Å². The molecule has 0 aliphatic heterocycles. The van der Waals surface area contributed by atoms with Crippen LogP contribution in [0.3, 0.4) is 0 Å². The Morgan fingerprint density at radius 3 is 1.86 bits per heavy atom. The third-order valence-electron chi connectivity index (χ3n) is 5.44. The molecule has 0 bridgehead atoms. The van der Waals surface area contributed by atoms with Gasteiger partial charge in [-0.25, -0.2) is 4.57 Å². The van der Waals surface area contributed by atoms with E-state index in [1.807, 2.05) is 21.1 Å². The maximum atomic E-state index is 12.3. The molecular formula is C25H51NO8P+. The molecule has 2 atom stereocenters. The number of hydrogen-bond donors (Lipinski definition) is 1. The highest BCUT2D eigenvalue weighted by Gasteiger charge is 2.26. The fourth-order valence-corrected chi connectivity index (χ4v) is 3.97. The molecule has 208 valence electrons. The van der Waals surface area contributed by atoms with Crippen LogP contribution in [0.25, 0.3) is 0 Å². The fraction of sp³-hybridized carbons (Fsp3) is 0.920. The average molecular weight is 525 g/mol. The van der Waals surface area contributed by atoms with Crippen molar-refractivity contribution in [3.63, 3.8) is 0 Å². The maximum Gasteiger partial charge on any atom is 0.472 e. The first-order valence-electron chi connectivity index (χ1n) is 13.3. The highest BCUT2D eigenvalue weighted by Crippen LogP contribution is 2.43. The molecule has 9 nitrogen and oxygen atoms in total. The van der Waals surface area contributed by atoms with Crippen molar-refractivity contribution >= 4 is 19.8 Å². The fourth-order valence-electron chi connectivity index (χ4n) is 3.23. The van der Waals surface area contributed by atoms with Crippen molar-refractivity contribution in [3.05, 3.63) is 0 Å². The molecule has 10 heteroatoms. The number of quaternary nitrogens is 1. The molecule has 0 fully saturated rings. The standard InChI is InChI=1S/C25H50NO8P/c1-6-8-9-10-11-12-13-14-15-16-17-18-25(28)34-23(21-31-24(27)7-2)22-33-35(29,30)32-20-19-26(3,4)5/h23H,6-22H2,1-5H3/p+1. The van der Waals surface area contributed by atoms with Crippen LogP contribution in [0.1, 0.15) is 97.3 Å². The maximum absolute atomic E-state index is 12.3. The molecule has 0 rings (SSSR count). The van der Waals surface area contributed by atoms with Crippen molar-refractivity contribution in [3.8, 4) is 0 Å². The molecule has 0 saturated heterocycles. The second kappa shape index (κ2) is 20.1. The van der Waals surface area contributed by atoms with Gasteiger partial charge in [0.1, 0.15) is 19.8 Å². The molecule has 1 N–H and O–H groups in total. The average Bonchev–Trinajstić information content (AvgIpc) is 2.78. The molecule has 2 unspecified atom stereocenters. The second-order valence-electron chi connectivity index (χ2n) is 10.0. The summed E-state index contributed by atoms with van der Waals surface area (Å²) in [5.74, 6) is -0.899. The van der Waals surface area contributed by atoms with Gasteiger partial charge in [-0.05, 0) is 6.42 Å². The van der Waals surface area contributed by atoms with E-state index in [-0.39, 0.29) is 26.1 Å². The molecule has 0 aromatic carbocycles. The van der Waals surface area contributed by atoms with Crippen molar-refractivity contribution in [1.82, 2.24) is 0 Å². The predicted octanol–water partition coefficient (Wildman–Crippen LogP) is 5.39. The van der Waals surface area contributed by atoms with Crippen molar-refractivity contribution in [2.45, 2.75) is 103 Å². The summed E-state index contributed by atoms with van der Waals surface area (Å²) in [6.07, 6.45) is 12.4. The normalized spacial score (nSPS) is 14.3. The third kappa shape index (κ3) is 23.2. The van der Waals surface area contributed by atoms with E-state index in [2.05, 4.69) is 6.92 Å². The Morgan fingerprint density at radius 1 is 0.800 bits per heavy atom. The van der Waals surface area contributed by atoms with E-state index >= 15 is 0 Å². The zero-order chi connectivity index (χ0) is 26.6. The monoisotopic (exact) mass is 524 g/mol. The van der Waals surface area contributed by atoms with E-state index in [1.54, 1.807) is 6.92 Å². The van der Waals surface area contributed by atoms with Crippen molar-refractivity contribution in [1.29, 1.82) is 0 Å². The van der Waals surface area contributed by atoms with Crippen LogP contribution in [-0.2, 0) is 32.7 Å². The molecule has 0 spiro atoms.